The van der Waals surface area contributed by atoms with Crippen LogP contribution in [0.3, 0.4) is 0 Å². The molecular formula is C18H24ClF3N2. The first-order valence-electron chi connectivity index (χ1n) is 8.36. The van der Waals surface area contributed by atoms with Crippen molar-refractivity contribution in [3.8, 4) is 0 Å². The van der Waals surface area contributed by atoms with E-state index in [1.807, 2.05) is 6.08 Å². The van der Waals surface area contributed by atoms with Gasteiger partial charge in [-0.3, -0.25) is 4.90 Å². The number of nitrogens with zero attached hydrogens (tertiary/aromatic N) is 1. The van der Waals surface area contributed by atoms with Crippen LogP contribution in [0.4, 0.5) is 13.2 Å². The summed E-state index contributed by atoms with van der Waals surface area (Å²) in [5, 5.41) is 3.38. The summed E-state index contributed by atoms with van der Waals surface area (Å²) in [5.41, 5.74) is -0.269. The number of alkyl halides is 3. The van der Waals surface area contributed by atoms with Crippen LogP contribution in [0, 0.1) is 0 Å². The average molecular weight is 361 g/mol. The average Bonchev–Trinajstić information content (AvgIpc) is 2.55. The lowest BCUT2D eigenvalue weighted by atomic mass is 9.93. The lowest BCUT2D eigenvalue weighted by Gasteiger charge is -2.36. The summed E-state index contributed by atoms with van der Waals surface area (Å²) in [4.78, 5) is 2.16. The van der Waals surface area contributed by atoms with Gasteiger partial charge in [0.25, 0.3) is 0 Å². The number of rotatable bonds is 7. The van der Waals surface area contributed by atoms with E-state index in [2.05, 4.69) is 16.8 Å². The van der Waals surface area contributed by atoms with E-state index in [1.54, 1.807) is 12.1 Å². The topological polar surface area (TPSA) is 15.3 Å². The van der Waals surface area contributed by atoms with Crippen LogP contribution >= 0.6 is 11.6 Å². The highest BCUT2D eigenvalue weighted by atomic mass is 35.5. The van der Waals surface area contributed by atoms with Crippen molar-refractivity contribution in [3.05, 3.63) is 47.0 Å². The van der Waals surface area contributed by atoms with E-state index in [9.17, 15) is 13.2 Å². The first-order valence-corrected chi connectivity index (χ1v) is 8.73. The number of halogens is 4. The number of hydrogen-bond donors (Lipinski definition) is 1. The van der Waals surface area contributed by atoms with E-state index in [4.69, 9.17) is 11.6 Å². The highest BCUT2D eigenvalue weighted by Crippen LogP contribution is 2.39. The molecule has 1 fully saturated rings. The van der Waals surface area contributed by atoms with E-state index in [0.717, 1.165) is 51.5 Å². The molecule has 0 saturated carbocycles. The second-order valence-electron chi connectivity index (χ2n) is 6.10. The van der Waals surface area contributed by atoms with Crippen molar-refractivity contribution in [1.82, 2.24) is 10.2 Å². The molecule has 24 heavy (non-hydrogen) atoms. The first kappa shape index (κ1) is 19.3. The van der Waals surface area contributed by atoms with Crippen LogP contribution in [-0.2, 0) is 6.18 Å². The van der Waals surface area contributed by atoms with Gasteiger partial charge in [-0.25, -0.2) is 0 Å². The van der Waals surface area contributed by atoms with Crippen molar-refractivity contribution >= 4 is 11.6 Å². The molecule has 134 valence electrons. The Morgan fingerprint density at radius 3 is 2.58 bits per heavy atom. The zero-order valence-electron chi connectivity index (χ0n) is 13.7. The molecule has 0 bridgehead atoms. The maximum Gasteiger partial charge on any atom is 0.416 e. The molecule has 0 radical (unpaired) electrons. The monoisotopic (exact) mass is 360 g/mol. The molecular weight excluding hydrogens is 337 g/mol. The van der Waals surface area contributed by atoms with Gasteiger partial charge in [-0.05, 0) is 37.0 Å². The van der Waals surface area contributed by atoms with E-state index in [1.165, 1.54) is 0 Å². The van der Waals surface area contributed by atoms with E-state index in [0.29, 0.717) is 12.0 Å². The molecule has 6 heteroatoms. The van der Waals surface area contributed by atoms with Gasteiger partial charge >= 0.3 is 6.18 Å². The predicted octanol–water partition coefficient (Wildman–Crippen LogP) is 5.05. The molecule has 1 saturated heterocycles. The minimum absolute atomic E-state index is 0.122. The molecule has 0 aromatic heterocycles. The maximum absolute atomic E-state index is 13.5. The number of unbranched alkanes of at least 4 members (excludes halogenated alkanes) is 2. The Balaban J connectivity index is 2.29. The van der Waals surface area contributed by atoms with Crippen LogP contribution in [0.2, 0.25) is 5.02 Å². The fourth-order valence-corrected chi connectivity index (χ4v) is 3.39. The third-order valence-corrected chi connectivity index (χ3v) is 4.64. The molecule has 0 amide bonds. The maximum atomic E-state index is 13.5. The normalized spacial score (nSPS) is 17.7. The molecule has 1 aromatic rings. The zero-order chi connectivity index (χ0) is 17.6. The molecule has 0 unspecified atom stereocenters. The van der Waals surface area contributed by atoms with Crippen molar-refractivity contribution in [2.24, 2.45) is 0 Å². The minimum atomic E-state index is -4.40. The quantitative estimate of drug-likeness (QED) is 0.540. The van der Waals surface area contributed by atoms with Crippen molar-refractivity contribution in [2.75, 3.05) is 26.2 Å². The Labute approximate surface area is 146 Å². The molecule has 2 rings (SSSR count). The van der Waals surface area contributed by atoms with Gasteiger partial charge in [0.1, 0.15) is 0 Å². The SMILES string of the molecule is C=CCCCC[C@H](c1ccc(Cl)cc1C(F)(F)F)N1CCNCC1. The van der Waals surface area contributed by atoms with Gasteiger partial charge in [-0.2, -0.15) is 13.2 Å². The molecule has 2 nitrogen and oxygen atoms in total. The number of allylic oxidation sites excluding steroid dienone is 1. The van der Waals surface area contributed by atoms with E-state index < -0.39 is 11.7 Å². The van der Waals surface area contributed by atoms with Gasteiger partial charge in [0.15, 0.2) is 0 Å². The molecule has 1 atom stereocenters. The number of benzene rings is 1. The fraction of sp³-hybridized carbons (Fsp3) is 0.556. The zero-order valence-corrected chi connectivity index (χ0v) is 14.5. The summed E-state index contributed by atoms with van der Waals surface area (Å²) in [6.07, 6.45) is 0.873. The van der Waals surface area contributed by atoms with Gasteiger partial charge in [-0.1, -0.05) is 30.2 Å². The number of piperazine rings is 1. The van der Waals surface area contributed by atoms with Crippen LogP contribution in [-0.4, -0.2) is 31.1 Å². The summed E-state index contributed by atoms with van der Waals surface area (Å²) in [7, 11) is 0. The summed E-state index contributed by atoms with van der Waals surface area (Å²) < 4.78 is 40.5. The van der Waals surface area contributed by atoms with Crippen molar-refractivity contribution in [2.45, 2.75) is 37.9 Å². The molecule has 0 spiro atoms. The third-order valence-electron chi connectivity index (χ3n) is 4.41. The first-order chi connectivity index (χ1) is 11.4. The lowest BCUT2D eigenvalue weighted by Crippen LogP contribution is -2.45. The standard InChI is InChI=1S/C18H24ClF3N2/c1-2-3-4-5-6-17(24-11-9-23-10-12-24)15-8-7-14(19)13-16(15)18(20,21)22/h2,7-8,13,17,23H,1,3-6,9-12H2/t17-/m1/s1. The second-order valence-corrected chi connectivity index (χ2v) is 6.54. The van der Waals surface area contributed by atoms with E-state index >= 15 is 0 Å². The van der Waals surface area contributed by atoms with Crippen molar-refractivity contribution in [1.29, 1.82) is 0 Å². The molecule has 1 aromatic carbocycles. The van der Waals surface area contributed by atoms with Gasteiger partial charge in [0.05, 0.1) is 5.56 Å². The number of hydrogen-bond acceptors (Lipinski definition) is 2. The fourth-order valence-electron chi connectivity index (χ4n) is 3.22. The number of nitrogens with one attached hydrogen (secondary N) is 1. The Morgan fingerprint density at radius 1 is 1.25 bits per heavy atom. The molecule has 1 N–H and O–H groups in total. The van der Waals surface area contributed by atoms with Gasteiger partial charge in [-0.15, -0.1) is 6.58 Å². The Morgan fingerprint density at radius 2 is 1.96 bits per heavy atom. The molecule has 1 aliphatic rings. The summed E-state index contributed by atoms with van der Waals surface area (Å²) >= 11 is 5.82. The van der Waals surface area contributed by atoms with Crippen molar-refractivity contribution in [3.63, 3.8) is 0 Å². The highest BCUT2D eigenvalue weighted by Gasteiger charge is 2.36. The largest absolute Gasteiger partial charge is 0.416 e. The smallest absolute Gasteiger partial charge is 0.314 e. The van der Waals surface area contributed by atoms with Crippen LogP contribution in [0.25, 0.3) is 0 Å². The Kier molecular flexibility index (Phi) is 7.14. The van der Waals surface area contributed by atoms with Gasteiger partial charge in [0.2, 0.25) is 0 Å². The second kappa shape index (κ2) is 8.88. The molecule has 1 aliphatic heterocycles. The van der Waals surface area contributed by atoms with Gasteiger partial charge in [0, 0.05) is 37.2 Å². The Bertz CT molecular complexity index is 540. The van der Waals surface area contributed by atoms with Crippen LogP contribution in [0.1, 0.15) is 42.9 Å². The van der Waals surface area contributed by atoms with Crippen LogP contribution < -0.4 is 5.32 Å². The molecule has 1 heterocycles. The lowest BCUT2D eigenvalue weighted by molar-refractivity contribution is -0.138. The van der Waals surface area contributed by atoms with Gasteiger partial charge < -0.3 is 5.32 Å². The minimum Gasteiger partial charge on any atom is -0.314 e. The van der Waals surface area contributed by atoms with Crippen LogP contribution in [0.5, 0.6) is 0 Å². The Hall–Kier alpha value is -1.04. The van der Waals surface area contributed by atoms with Crippen molar-refractivity contribution < 1.29 is 13.2 Å². The third kappa shape index (κ3) is 5.23. The summed E-state index contributed by atoms with van der Waals surface area (Å²) in [5.74, 6) is 0. The highest BCUT2D eigenvalue weighted by molar-refractivity contribution is 6.30. The molecule has 0 aliphatic carbocycles. The summed E-state index contributed by atoms with van der Waals surface area (Å²) in [6, 6.07) is 3.93. The summed E-state index contributed by atoms with van der Waals surface area (Å²) in [6.45, 7) is 6.82. The predicted molar refractivity (Wildman–Crippen MR) is 92.3 cm³/mol. The van der Waals surface area contributed by atoms with Crippen LogP contribution in [0.15, 0.2) is 30.9 Å². The van der Waals surface area contributed by atoms with E-state index in [-0.39, 0.29) is 11.1 Å².